The van der Waals surface area contributed by atoms with Gasteiger partial charge in [-0.25, -0.2) is 24.7 Å². The average molecular weight is 1800 g/mol. The predicted molar refractivity (Wildman–Crippen MR) is 472 cm³/mol. The molecule has 5 fully saturated rings. The molecule has 0 bridgehead atoms. The smallest absolute Gasteiger partial charge is 0.410 e. The quantitative estimate of drug-likeness (QED) is 0.0410. The number of aromatic nitrogens is 21. The number of hydrogen-bond acceptors (Lipinski definition) is 32. The topological polar surface area (TPSA) is 453 Å². The number of Topliss-reactive ketones (excluding diaryl/α,β-unsaturated/α-hetero) is 3. The van der Waals surface area contributed by atoms with Crippen molar-refractivity contribution in [1.82, 2.24) is 130 Å². The lowest BCUT2D eigenvalue weighted by atomic mass is 10.0. The molecule has 4 N–H and O–H groups in total. The molecule has 14 aromatic rings. The summed E-state index contributed by atoms with van der Waals surface area (Å²) in [6, 6.07) is 32.7. The third-order valence-electron chi connectivity index (χ3n) is 22.5. The summed E-state index contributed by atoms with van der Waals surface area (Å²) in [6.45, 7) is 16.7. The second-order valence-electron chi connectivity index (χ2n) is 31.2. The van der Waals surface area contributed by atoms with Gasteiger partial charge in [0.15, 0.2) is 17.5 Å². The highest BCUT2D eigenvalue weighted by atomic mass is 79.9. The van der Waals surface area contributed by atoms with Crippen molar-refractivity contribution in [2.75, 3.05) is 177 Å². The molecule has 12 aromatic heterocycles. The van der Waals surface area contributed by atoms with E-state index in [0.717, 1.165) is 48.7 Å². The van der Waals surface area contributed by atoms with Gasteiger partial charge in [-0.3, -0.25) is 38.7 Å². The molecule has 0 radical (unpaired) electrons. The number of halogens is 1. The van der Waals surface area contributed by atoms with Gasteiger partial charge in [0.1, 0.15) is 27.5 Å². The van der Waals surface area contributed by atoms with Crippen LogP contribution in [0.25, 0.3) is 72.7 Å². The molecule has 5 aliphatic rings. The van der Waals surface area contributed by atoms with Crippen molar-refractivity contribution in [2.24, 2.45) is 0 Å². The van der Waals surface area contributed by atoms with Gasteiger partial charge in [0.25, 0.3) is 52.9 Å². The standard InChI is InChI=1S/C35H39N11O5.C30H31N11O3.C20H18BrN9O3/c1-35(2,3)51-34(49)45-19-13-42(14-20-45)24-10-8-23(9-11-24)29-30-28(26(50-4)22-38-29)25(21-37-30)31(47)32(48)43-15-17-44(18-16-43)33-39-40-41-46(33)27-7-5-6-12-36-27;1-44-23-19-34-26(20-5-7-21(8-6-20)38-12-10-31-11-13-38)27-25(23)22(18-33-27)28(42)29(43)39-14-16-40(17-15-39)30-35-36-37-41(30)24-4-2-3-9-32-24;1-33-13-11-24-18(21)16-15(13)12(10-23-16)17(31)19(32)28-6-8-29(9-7-28)20-25-26-27-30(20)14-4-2-3-5-22-14/h5-12,21-22,37H,13-20H2,1-4H3;2-9,18-19,31,33H,10-17H2,1H3;2-5,10-11,23H,6-9H2,1H3. The van der Waals surface area contributed by atoms with Crippen molar-refractivity contribution in [3.05, 3.63) is 180 Å². The predicted octanol–water partition coefficient (Wildman–Crippen LogP) is 5.98. The van der Waals surface area contributed by atoms with E-state index in [0.29, 0.717) is 206 Å². The van der Waals surface area contributed by atoms with Gasteiger partial charge >= 0.3 is 6.09 Å². The Bertz CT molecular complexity index is 6360. The molecule has 656 valence electrons. The van der Waals surface area contributed by atoms with Gasteiger partial charge in [-0.05, 0) is 129 Å². The summed E-state index contributed by atoms with van der Waals surface area (Å²) >= 11 is 3.35. The maximum atomic E-state index is 13.8. The number of H-pyrrole nitrogens is 3. The molecule has 0 atom stereocenters. The zero-order chi connectivity index (χ0) is 88.7. The van der Waals surface area contributed by atoms with E-state index in [1.165, 1.54) is 38.6 Å². The number of tetrazole rings is 3. The van der Waals surface area contributed by atoms with E-state index < -0.39 is 40.7 Å². The Labute approximate surface area is 738 Å². The molecule has 5 saturated heterocycles. The number of benzene rings is 2. The van der Waals surface area contributed by atoms with Crippen molar-refractivity contribution in [2.45, 2.75) is 26.4 Å². The number of ketones is 3. The lowest BCUT2D eigenvalue weighted by molar-refractivity contribution is -0.127. The van der Waals surface area contributed by atoms with Crippen LogP contribution in [0.4, 0.5) is 34.0 Å². The number of hydrogen-bond donors (Lipinski definition) is 4. The number of piperazine rings is 5. The Hall–Kier alpha value is -15.3. The van der Waals surface area contributed by atoms with Crippen LogP contribution in [0.3, 0.4) is 0 Å². The van der Waals surface area contributed by atoms with E-state index in [-0.39, 0.29) is 22.8 Å². The van der Waals surface area contributed by atoms with Gasteiger partial charge < -0.3 is 83.3 Å². The summed E-state index contributed by atoms with van der Waals surface area (Å²) in [5, 5.41) is 40.9. The number of amides is 4. The van der Waals surface area contributed by atoms with E-state index in [1.54, 1.807) is 72.1 Å². The number of nitrogens with one attached hydrogen (secondary N) is 4. The Balaban J connectivity index is 0.000000138. The van der Waals surface area contributed by atoms with Crippen LogP contribution in [0, 0.1) is 0 Å². The van der Waals surface area contributed by atoms with E-state index in [2.05, 4.69) is 135 Å². The first-order valence-electron chi connectivity index (χ1n) is 41.3. The monoisotopic (exact) mass is 1800 g/mol. The molecule has 0 unspecified atom stereocenters. The van der Waals surface area contributed by atoms with Crippen LogP contribution < -0.4 is 44.0 Å². The summed E-state index contributed by atoms with van der Waals surface area (Å²) in [6.07, 6.45) is 14.0. The second-order valence-corrected chi connectivity index (χ2v) is 31.9. The van der Waals surface area contributed by atoms with Gasteiger partial charge in [-0.1, -0.05) is 57.8 Å². The Morgan fingerprint density at radius 3 is 1.05 bits per heavy atom. The Morgan fingerprint density at radius 1 is 0.375 bits per heavy atom. The largest absolute Gasteiger partial charge is 0.494 e. The number of nitrogens with zero attached hydrogens (tertiary/aromatic N) is 27. The zero-order valence-corrected chi connectivity index (χ0v) is 72.2. The number of methoxy groups -OCH3 is 3. The van der Waals surface area contributed by atoms with Crippen molar-refractivity contribution in [1.29, 1.82) is 0 Å². The Kier molecular flexibility index (Phi) is 24.7. The van der Waals surface area contributed by atoms with Gasteiger partial charge in [0, 0.05) is 191 Å². The lowest BCUT2D eigenvalue weighted by Gasteiger charge is -2.36. The van der Waals surface area contributed by atoms with Gasteiger partial charge in [-0.2, -0.15) is 14.0 Å². The minimum atomic E-state index is -0.635. The molecule has 0 aliphatic carbocycles. The molecule has 2 aromatic carbocycles. The van der Waals surface area contributed by atoms with Crippen molar-refractivity contribution in [3.8, 4) is 57.2 Å². The highest BCUT2D eigenvalue weighted by molar-refractivity contribution is 9.10. The first kappa shape index (κ1) is 84.9. The number of rotatable bonds is 19. The highest BCUT2D eigenvalue weighted by Gasteiger charge is 2.37. The fourth-order valence-corrected chi connectivity index (χ4v) is 16.4. The second kappa shape index (κ2) is 37.2. The number of carbonyl (C=O) groups is 7. The van der Waals surface area contributed by atoms with E-state index in [9.17, 15) is 33.6 Å². The number of aromatic amines is 3. The first-order valence-corrected chi connectivity index (χ1v) is 42.1. The molecular formula is C85H88BrN31O11. The summed E-state index contributed by atoms with van der Waals surface area (Å²) in [5.74, 6) is 0.984. The maximum Gasteiger partial charge on any atom is 0.410 e. The Morgan fingerprint density at radius 2 is 0.703 bits per heavy atom. The van der Waals surface area contributed by atoms with E-state index >= 15 is 0 Å². The SMILES string of the molecule is COc1cnc(-c2ccc(N3CCN(C(=O)OC(C)(C)C)CC3)cc2)c2[nH]cc(C(=O)C(=O)N3CCN(c4nnnn4-c4ccccn4)CC3)c12.COc1cnc(-c2ccc(N3CCNCC3)cc2)c2[nH]cc(C(=O)C(=O)N3CCN(c4nnnn4-c4ccccn4)CC3)c12.COc1cnc(Br)c2[nH]cc(C(=O)C(=O)N3CCN(c4nnnn4-c4ccccn4)CC3)c12. The average Bonchev–Trinajstić information content (AvgIpc) is 1.86. The van der Waals surface area contributed by atoms with Crippen molar-refractivity contribution < 1.29 is 52.5 Å². The molecule has 0 saturated carbocycles. The van der Waals surface area contributed by atoms with Crippen LogP contribution in [0.5, 0.6) is 17.2 Å². The highest BCUT2D eigenvalue weighted by Crippen LogP contribution is 2.39. The fourth-order valence-electron chi connectivity index (χ4n) is 15.9. The molecule has 5 aliphatic heterocycles. The molecule has 19 rings (SSSR count). The van der Waals surface area contributed by atoms with Crippen LogP contribution in [0.2, 0.25) is 0 Å². The molecule has 0 spiro atoms. The summed E-state index contributed by atoms with van der Waals surface area (Å²) in [5.41, 5.74) is 7.22. The molecule has 43 heteroatoms. The third-order valence-corrected chi connectivity index (χ3v) is 23.1. The molecule has 17 heterocycles. The lowest BCUT2D eigenvalue weighted by Crippen LogP contribution is -2.51. The third kappa shape index (κ3) is 17.5. The van der Waals surface area contributed by atoms with Gasteiger partial charge in [-0.15, -0.1) is 0 Å². The van der Waals surface area contributed by atoms with Crippen LogP contribution in [-0.2, 0) is 19.1 Å². The number of ether oxygens (including phenoxy) is 4. The van der Waals surface area contributed by atoms with Crippen molar-refractivity contribution >= 4 is 119 Å². The molecular weight excluding hydrogens is 1710 g/mol. The van der Waals surface area contributed by atoms with E-state index in [1.807, 2.05) is 126 Å². The van der Waals surface area contributed by atoms with Crippen LogP contribution in [0.1, 0.15) is 51.8 Å². The van der Waals surface area contributed by atoms with Crippen LogP contribution in [-0.4, -0.2) is 324 Å². The zero-order valence-electron chi connectivity index (χ0n) is 70.6. The maximum absolute atomic E-state index is 13.8. The van der Waals surface area contributed by atoms with Gasteiger partial charge in [0.2, 0.25) is 0 Å². The number of carbonyl (C=O) groups excluding carboxylic acids is 7. The fraction of sp³-hybridized carbons (Fsp3) is 0.318. The normalized spacial score (nSPS) is 15.0. The number of fused-ring (bicyclic) bond motifs is 3. The summed E-state index contributed by atoms with van der Waals surface area (Å²) < 4.78 is 27.3. The van der Waals surface area contributed by atoms with Crippen LogP contribution in [0.15, 0.2) is 164 Å². The molecule has 42 nitrogen and oxygen atoms in total. The van der Waals surface area contributed by atoms with E-state index in [4.69, 9.17) is 18.9 Å². The minimum Gasteiger partial charge on any atom is -0.494 e. The van der Waals surface area contributed by atoms with Crippen molar-refractivity contribution in [3.63, 3.8) is 0 Å². The van der Waals surface area contributed by atoms with Gasteiger partial charge in [0.05, 0.1) is 101 Å². The van der Waals surface area contributed by atoms with Crippen LogP contribution >= 0.6 is 15.9 Å². The summed E-state index contributed by atoms with van der Waals surface area (Å²) in [4.78, 5) is 146. The summed E-state index contributed by atoms with van der Waals surface area (Å²) in [7, 11) is 4.53. The molecule has 4 amide bonds. The molecule has 128 heavy (non-hydrogen) atoms. The first-order chi connectivity index (χ1) is 62.3. The number of pyridine rings is 6. The number of anilines is 5. The minimum absolute atomic E-state index is 0.219.